The maximum absolute atomic E-state index is 12.7. The summed E-state index contributed by atoms with van der Waals surface area (Å²) in [7, 11) is 0. The highest BCUT2D eigenvalue weighted by Gasteiger charge is 2.91. The summed E-state index contributed by atoms with van der Waals surface area (Å²) in [6.07, 6.45) is -14.2. The highest BCUT2D eigenvalue weighted by molar-refractivity contribution is 7.60. The fraction of sp³-hybridized carbons (Fsp3) is 1.00. The summed E-state index contributed by atoms with van der Waals surface area (Å²) in [5, 5.41) is 0. The standard InChI is InChI=1S/C6HF13O2S/c7-1(8,3(11,12)5(15,16)17)2(9,10)4(13,14)6(18,19)21-22-20/h22H. The number of hydrogen-bond acceptors (Lipinski definition) is 2. The summed E-state index contributed by atoms with van der Waals surface area (Å²) in [5.74, 6) is -31.3. The van der Waals surface area contributed by atoms with Crippen LogP contribution in [0.4, 0.5) is 57.1 Å². The van der Waals surface area contributed by atoms with Crippen molar-refractivity contribution in [3.63, 3.8) is 0 Å². The SMILES string of the molecule is O=[SH]OC(F)(F)C(F)(F)C(F)(F)C(F)(F)C(F)(F)C(F)(F)F. The number of hydrogen-bond donors (Lipinski definition) is 1. The van der Waals surface area contributed by atoms with E-state index in [1.807, 2.05) is 0 Å². The third-order valence-electron chi connectivity index (χ3n) is 2.06. The molecule has 0 saturated heterocycles. The average molecular weight is 384 g/mol. The van der Waals surface area contributed by atoms with Crippen LogP contribution < -0.4 is 0 Å². The predicted octanol–water partition coefficient (Wildman–Crippen LogP) is 3.56. The molecular formula is C6HF13O2S. The lowest BCUT2D eigenvalue weighted by molar-refractivity contribution is -0.456. The van der Waals surface area contributed by atoms with Gasteiger partial charge in [0, 0.05) is 0 Å². The molecule has 0 radical (unpaired) electrons. The van der Waals surface area contributed by atoms with E-state index in [9.17, 15) is 61.3 Å². The zero-order valence-electron chi connectivity index (χ0n) is 9.18. The fourth-order valence-corrected chi connectivity index (χ4v) is 1.07. The third-order valence-corrected chi connectivity index (χ3v) is 2.36. The van der Waals surface area contributed by atoms with E-state index in [1.165, 1.54) is 0 Å². The topological polar surface area (TPSA) is 26.3 Å². The van der Waals surface area contributed by atoms with Crippen LogP contribution in [0.1, 0.15) is 0 Å². The van der Waals surface area contributed by atoms with Crippen LogP contribution in [-0.4, -0.2) is 40.2 Å². The molecule has 0 aromatic rings. The second kappa shape index (κ2) is 5.38. The van der Waals surface area contributed by atoms with Crippen molar-refractivity contribution in [2.24, 2.45) is 0 Å². The molecular weight excluding hydrogens is 383 g/mol. The molecule has 0 atom stereocenters. The molecule has 0 saturated carbocycles. The van der Waals surface area contributed by atoms with E-state index in [2.05, 4.69) is 4.18 Å². The molecule has 16 heteroatoms. The van der Waals surface area contributed by atoms with Crippen molar-refractivity contribution in [2.45, 2.75) is 36.0 Å². The molecule has 0 aliphatic carbocycles. The van der Waals surface area contributed by atoms with Crippen molar-refractivity contribution in [3.05, 3.63) is 0 Å². The zero-order valence-corrected chi connectivity index (χ0v) is 10.1. The number of thiol groups is 1. The van der Waals surface area contributed by atoms with Crippen LogP contribution in [0.25, 0.3) is 0 Å². The van der Waals surface area contributed by atoms with Gasteiger partial charge in [-0.2, -0.15) is 57.1 Å². The second-order valence-corrected chi connectivity index (χ2v) is 3.81. The van der Waals surface area contributed by atoms with Gasteiger partial charge in [-0.15, -0.1) is 0 Å². The van der Waals surface area contributed by atoms with Crippen LogP contribution in [0.5, 0.6) is 0 Å². The maximum Gasteiger partial charge on any atom is 0.460 e. The Bertz CT molecular complexity index is 427. The lowest BCUT2D eigenvalue weighted by Crippen LogP contribution is -2.70. The summed E-state index contributed by atoms with van der Waals surface area (Å²) < 4.78 is 172. The number of halogens is 13. The first-order valence-corrected chi connectivity index (χ1v) is 5.01. The monoisotopic (exact) mass is 384 g/mol. The van der Waals surface area contributed by atoms with E-state index in [0.717, 1.165) is 0 Å². The fourth-order valence-electron chi connectivity index (χ4n) is 0.859. The minimum Gasteiger partial charge on any atom is -0.233 e. The second-order valence-electron chi connectivity index (χ2n) is 3.48. The normalized spacial score (nSPS) is 16.0. The number of alkyl halides is 13. The first-order chi connectivity index (χ1) is 9.31. The molecule has 0 unspecified atom stereocenters. The van der Waals surface area contributed by atoms with Crippen molar-refractivity contribution < 1.29 is 65.5 Å². The Morgan fingerprint density at radius 1 is 0.545 bits per heavy atom. The molecule has 0 bridgehead atoms. The smallest absolute Gasteiger partial charge is 0.233 e. The maximum atomic E-state index is 12.7. The van der Waals surface area contributed by atoms with Crippen LogP contribution in [0.2, 0.25) is 0 Å². The van der Waals surface area contributed by atoms with E-state index >= 15 is 0 Å². The number of rotatable bonds is 6. The quantitative estimate of drug-likeness (QED) is 0.560. The Labute approximate surface area is 114 Å². The van der Waals surface area contributed by atoms with Gasteiger partial charge in [-0.1, -0.05) is 0 Å². The summed E-state index contributed by atoms with van der Waals surface area (Å²) in [6, 6.07) is 0. The van der Waals surface area contributed by atoms with Gasteiger partial charge in [0.25, 0.3) is 0 Å². The Hall–Kier alpha value is -0.800. The molecule has 0 aromatic carbocycles. The Morgan fingerprint density at radius 2 is 0.864 bits per heavy atom. The van der Waals surface area contributed by atoms with Gasteiger partial charge in [-0.3, -0.25) is 0 Å². The van der Waals surface area contributed by atoms with Gasteiger partial charge in [0.2, 0.25) is 0 Å². The third kappa shape index (κ3) is 2.74. The minimum atomic E-state index is -7.99. The van der Waals surface area contributed by atoms with Gasteiger partial charge in [-0.25, -0.2) is 8.39 Å². The molecule has 22 heavy (non-hydrogen) atoms. The van der Waals surface area contributed by atoms with Gasteiger partial charge in [0.1, 0.15) is 11.9 Å². The van der Waals surface area contributed by atoms with Gasteiger partial charge >= 0.3 is 36.0 Å². The highest BCUT2D eigenvalue weighted by Crippen LogP contribution is 2.60. The van der Waals surface area contributed by atoms with Crippen LogP contribution in [0, 0.1) is 0 Å². The summed E-state index contributed by atoms with van der Waals surface area (Å²) in [4.78, 5) is 0. The molecule has 0 rings (SSSR count). The molecule has 0 amide bonds. The predicted molar refractivity (Wildman–Crippen MR) is 41.4 cm³/mol. The van der Waals surface area contributed by atoms with Crippen LogP contribution >= 0.6 is 0 Å². The summed E-state index contributed by atoms with van der Waals surface area (Å²) >= 11 is -2.47. The first-order valence-electron chi connectivity index (χ1n) is 4.28. The lowest BCUT2D eigenvalue weighted by atomic mass is 9.97. The van der Waals surface area contributed by atoms with E-state index in [1.54, 1.807) is 0 Å². The summed E-state index contributed by atoms with van der Waals surface area (Å²) in [5.41, 5.74) is 0. The Kier molecular flexibility index (Phi) is 5.19. The van der Waals surface area contributed by atoms with Crippen LogP contribution in [0.15, 0.2) is 0 Å². The first kappa shape index (κ1) is 21.2. The van der Waals surface area contributed by atoms with Crippen molar-refractivity contribution >= 4 is 11.9 Å². The molecule has 134 valence electrons. The Morgan fingerprint density at radius 3 is 1.14 bits per heavy atom. The molecule has 0 spiro atoms. The largest absolute Gasteiger partial charge is 0.460 e. The van der Waals surface area contributed by atoms with E-state index in [-0.39, 0.29) is 0 Å². The molecule has 2 nitrogen and oxygen atoms in total. The van der Waals surface area contributed by atoms with Crippen molar-refractivity contribution in [2.75, 3.05) is 0 Å². The zero-order chi connectivity index (χ0) is 18.4. The van der Waals surface area contributed by atoms with E-state index in [4.69, 9.17) is 0 Å². The molecule has 0 N–H and O–H groups in total. The highest BCUT2D eigenvalue weighted by atomic mass is 32.2. The molecule has 0 aromatic heterocycles. The van der Waals surface area contributed by atoms with Gasteiger partial charge in [-0.05, 0) is 0 Å². The van der Waals surface area contributed by atoms with Crippen molar-refractivity contribution in [1.29, 1.82) is 0 Å². The van der Waals surface area contributed by atoms with Crippen LogP contribution in [-0.2, 0) is 16.1 Å². The van der Waals surface area contributed by atoms with Crippen molar-refractivity contribution in [3.8, 4) is 0 Å². The molecule has 0 aliphatic rings. The van der Waals surface area contributed by atoms with E-state index < -0.39 is 47.9 Å². The van der Waals surface area contributed by atoms with E-state index in [0.29, 0.717) is 0 Å². The summed E-state index contributed by atoms with van der Waals surface area (Å²) in [6.45, 7) is 0. The lowest BCUT2D eigenvalue weighted by Gasteiger charge is -2.38. The average Bonchev–Trinajstić information content (AvgIpc) is 2.26. The van der Waals surface area contributed by atoms with Gasteiger partial charge < -0.3 is 0 Å². The molecule has 0 fully saturated rings. The Balaban J connectivity index is 6.16. The minimum absolute atomic E-state index is 2.17. The molecule has 0 aliphatic heterocycles. The van der Waals surface area contributed by atoms with Crippen LogP contribution in [0.3, 0.4) is 0 Å². The van der Waals surface area contributed by atoms with Gasteiger partial charge in [0.15, 0.2) is 0 Å². The van der Waals surface area contributed by atoms with Gasteiger partial charge in [0.05, 0.1) is 0 Å². The molecule has 0 heterocycles. The van der Waals surface area contributed by atoms with Crippen molar-refractivity contribution in [1.82, 2.24) is 0 Å².